The SMILES string of the molecule is Cc1cc(N2CCC[C@@H](N)C2)ncc1[N+](=O)[O-]. The van der Waals surface area contributed by atoms with Gasteiger partial charge in [-0.25, -0.2) is 4.98 Å². The lowest BCUT2D eigenvalue weighted by Gasteiger charge is -2.31. The molecule has 1 atom stereocenters. The molecule has 0 amide bonds. The van der Waals surface area contributed by atoms with E-state index in [0.717, 1.165) is 31.7 Å². The van der Waals surface area contributed by atoms with Crippen molar-refractivity contribution in [3.8, 4) is 0 Å². The highest BCUT2D eigenvalue weighted by atomic mass is 16.6. The number of nitrogens with zero attached hydrogens (tertiary/aromatic N) is 3. The summed E-state index contributed by atoms with van der Waals surface area (Å²) in [5.74, 6) is 0.781. The minimum Gasteiger partial charge on any atom is -0.355 e. The molecule has 2 heterocycles. The molecular weight excluding hydrogens is 220 g/mol. The second-order valence-corrected chi connectivity index (χ2v) is 4.43. The number of pyridine rings is 1. The van der Waals surface area contributed by atoms with E-state index in [1.54, 1.807) is 13.0 Å². The van der Waals surface area contributed by atoms with Crippen LogP contribution in [0.5, 0.6) is 0 Å². The number of hydrogen-bond donors (Lipinski definition) is 1. The summed E-state index contributed by atoms with van der Waals surface area (Å²) in [5, 5.41) is 10.7. The van der Waals surface area contributed by atoms with E-state index >= 15 is 0 Å². The second kappa shape index (κ2) is 4.67. The number of anilines is 1. The molecule has 17 heavy (non-hydrogen) atoms. The van der Waals surface area contributed by atoms with Crippen molar-refractivity contribution < 1.29 is 4.92 Å². The van der Waals surface area contributed by atoms with Crippen LogP contribution in [-0.4, -0.2) is 29.0 Å². The minimum absolute atomic E-state index is 0.0649. The molecule has 0 unspecified atom stereocenters. The van der Waals surface area contributed by atoms with Crippen LogP contribution in [0.3, 0.4) is 0 Å². The van der Waals surface area contributed by atoms with E-state index < -0.39 is 4.92 Å². The fraction of sp³-hybridized carbons (Fsp3) is 0.545. The Hall–Kier alpha value is -1.69. The number of aromatic nitrogens is 1. The van der Waals surface area contributed by atoms with Crippen molar-refractivity contribution in [3.05, 3.63) is 27.9 Å². The molecule has 1 aromatic rings. The third-order valence-corrected chi connectivity index (χ3v) is 3.05. The van der Waals surface area contributed by atoms with Gasteiger partial charge in [0.1, 0.15) is 12.0 Å². The standard InChI is InChI=1S/C11H16N4O2/c1-8-5-11(13-6-10(8)15(16)17)14-4-2-3-9(12)7-14/h5-6,9H,2-4,7,12H2,1H3/t9-/m1/s1. The molecule has 1 aliphatic heterocycles. The zero-order valence-corrected chi connectivity index (χ0v) is 9.80. The van der Waals surface area contributed by atoms with Gasteiger partial charge in [0.25, 0.3) is 5.69 Å². The maximum absolute atomic E-state index is 10.7. The van der Waals surface area contributed by atoms with Crippen LogP contribution in [0.2, 0.25) is 0 Å². The topological polar surface area (TPSA) is 85.3 Å². The zero-order valence-electron chi connectivity index (χ0n) is 9.80. The minimum atomic E-state index is -0.409. The fourth-order valence-electron chi connectivity index (χ4n) is 2.12. The summed E-state index contributed by atoms with van der Waals surface area (Å²) < 4.78 is 0. The average Bonchev–Trinajstić information content (AvgIpc) is 2.28. The van der Waals surface area contributed by atoms with Gasteiger partial charge in [-0.1, -0.05) is 0 Å². The van der Waals surface area contributed by atoms with Crippen LogP contribution >= 0.6 is 0 Å². The summed E-state index contributed by atoms with van der Waals surface area (Å²) in [7, 11) is 0. The second-order valence-electron chi connectivity index (χ2n) is 4.43. The summed E-state index contributed by atoms with van der Waals surface area (Å²) in [6.07, 6.45) is 3.39. The van der Waals surface area contributed by atoms with Crippen LogP contribution in [0.25, 0.3) is 0 Å². The maximum atomic E-state index is 10.7. The molecular formula is C11H16N4O2. The Morgan fingerprint density at radius 1 is 1.65 bits per heavy atom. The summed E-state index contributed by atoms with van der Waals surface area (Å²) in [5.41, 5.74) is 6.60. The Balaban J connectivity index is 2.22. The van der Waals surface area contributed by atoms with E-state index in [4.69, 9.17) is 5.73 Å². The van der Waals surface area contributed by atoms with Crippen molar-refractivity contribution in [2.75, 3.05) is 18.0 Å². The fourth-order valence-corrected chi connectivity index (χ4v) is 2.12. The van der Waals surface area contributed by atoms with Gasteiger partial charge in [-0.15, -0.1) is 0 Å². The van der Waals surface area contributed by atoms with E-state index in [-0.39, 0.29) is 11.7 Å². The van der Waals surface area contributed by atoms with Crippen LogP contribution in [0.15, 0.2) is 12.3 Å². The van der Waals surface area contributed by atoms with Crippen molar-refractivity contribution >= 4 is 11.5 Å². The molecule has 0 radical (unpaired) electrons. The first-order valence-electron chi connectivity index (χ1n) is 5.69. The Morgan fingerprint density at radius 3 is 3.00 bits per heavy atom. The van der Waals surface area contributed by atoms with Crippen LogP contribution in [0, 0.1) is 17.0 Å². The number of hydrogen-bond acceptors (Lipinski definition) is 5. The smallest absolute Gasteiger partial charge is 0.290 e. The molecule has 2 N–H and O–H groups in total. The number of aryl methyl sites for hydroxylation is 1. The molecule has 0 bridgehead atoms. The van der Waals surface area contributed by atoms with Gasteiger partial charge < -0.3 is 10.6 Å². The van der Waals surface area contributed by atoms with Crippen molar-refractivity contribution in [1.29, 1.82) is 0 Å². The number of nitrogens with two attached hydrogens (primary N) is 1. The summed E-state index contributed by atoms with van der Waals surface area (Å²) >= 11 is 0. The molecule has 0 saturated carbocycles. The van der Waals surface area contributed by atoms with Gasteiger partial charge in [-0.2, -0.15) is 0 Å². The maximum Gasteiger partial charge on any atom is 0.290 e. The molecule has 92 valence electrons. The van der Waals surface area contributed by atoms with Gasteiger partial charge in [0.15, 0.2) is 0 Å². The first kappa shape index (κ1) is 11.8. The number of piperidine rings is 1. The van der Waals surface area contributed by atoms with E-state index in [1.165, 1.54) is 6.20 Å². The van der Waals surface area contributed by atoms with Crippen LogP contribution in [-0.2, 0) is 0 Å². The van der Waals surface area contributed by atoms with Gasteiger partial charge in [-0.05, 0) is 25.8 Å². The Bertz CT molecular complexity index is 435. The molecule has 2 rings (SSSR count). The predicted molar refractivity (Wildman–Crippen MR) is 65.1 cm³/mol. The Labute approximate surface area is 99.6 Å². The molecule has 0 aliphatic carbocycles. The third kappa shape index (κ3) is 2.52. The van der Waals surface area contributed by atoms with Gasteiger partial charge >= 0.3 is 0 Å². The normalized spacial score (nSPS) is 20.4. The van der Waals surface area contributed by atoms with Gasteiger partial charge in [0.2, 0.25) is 0 Å². The molecule has 0 aromatic carbocycles. The van der Waals surface area contributed by atoms with E-state index in [0.29, 0.717) is 5.56 Å². The molecule has 6 heteroatoms. The largest absolute Gasteiger partial charge is 0.355 e. The molecule has 1 fully saturated rings. The number of nitro groups is 1. The third-order valence-electron chi connectivity index (χ3n) is 3.05. The lowest BCUT2D eigenvalue weighted by Crippen LogP contribution is -2.43. The number of rotatable bonds is 2. The lowest BCUT2D eigenvalue weighted by atomic mass is 10.1. The summed E-state index contributed by atoms with van der Waals surface area (Å²) in [6, 6.07) is 1.93. The van der Waals surface area contributed by atoms with Crippen LogP contribution < -0.4 is 10.6 Å². The van der Waals surface area contributed by atoms with E-state index in [1.807, 2.05) is 0 Å². The molecule has 1 aliphatic rings. The van der Waals surface area contributed by atoms with Crippen molar-refractivity contribution in [1.82, 2.24) is 4.98 Å². The van der Waals surface area contributed by atoms with E-state index in [9.17, 15) is 10.1 Å². The zero-order chi connectivity index (χ0) is 12.4. The first-order valence-corrected chi connectivity index (χ1v) is 5.69. The predicted octanol–water partition coefficient (Wildman–Crippen LogP) is 1.23. The highest BCUT2D eigenvalue weighted by molar-refractivity contribution is 5.49. The first-order chi connectivity index (χ1) is 8.08. The lowest BCUT2D eigenvalue weighted by molar-refractivity contribution is -0.385. The quantitative estimate of drug-likeness (QED) is 0.616. The average molecular weight is 236 g/mol. The van der Waals surface area contributed by atoms with Crippen molar-refractivity contribution in [2.45, 2.75) is 25.8 Å². The Kier molecular flexibility index (Phi) is 3.23. The molecule has 1 aromatic heterocycles. The Morgan fingerprint density at radius 2 is 2.41 bits per heavy atom. The summed E-state index contributed by atoms with van der Waals surface area (Å²) in [6.45, 7) is 3.41. The van der Waals surface area contributed by atoms with Crippen molar-refractivity contribution in [2.24, 2.45) is 5.73 Å². The highest BCUT2D eigenvalue weighted by Gasteiger charge is 2.20. The van der Waals surface area contributed by atoms with Gasteiger partial charge in [-0.3, -0.25) is 10.1 Å². The van der Waals surface area contributed by atoms with Gasteiger partial charge in [0.05, 0.1) is 4.92 Å². The van der Waals surface area contributed by atoms with Crippen LogP contribution in [0.1, 0.15) is 18.4 Å². The van der Waals surface area contributed by atoms with Crippen molar-refractivity contribution in [3.63, 3.8) is 0 Å². The molecule has 6 nitrogen and oxygen atoms in total. The highest BCUT2D eigenvalue weighted by Crippen LogP contribution is 2.23. The molecule has 1 saturated heterocycles. The van der Waals surface area contributed by atoms with Crippen LogP contribution in [0.4, 0.5) is 11.5 Å². The van der Waals surface area contributed by atoms with E-state index in [2.05, 4.69) is 9.88 Å². The molecule has 0 spiro atoms. The van der Waals surface area contributed by atoms with Gasteiger partial charge in [0, 0.05) is 24.7 Å². The summed E-state index contributed by atoms with van der Waals surface area (Å²) in [4.78, 5) is 16.5. The monoisotopic (exact) mass is 236 g/mol.